The van der Waals surface area contributed by atoms with Crippen molar-refractivity contribution in [2.75, 3.05) is 33.6 Å². The molecule has 0 amide bonds. The van der Waals surface area contributed by atoms with Crippen LogP contribution < -0.4 is 25.1 Å². The van der Waals surface area contributed by atoms with Gasteiger partial charge in [-0.2, -0.15) is 0 Å². The second kappa shape index (κ2) is 11.7. The average Bonchev–Trinajstić information content (AvgIpc) is 2.90. The summed E-state index contributed by atoms with van der Waals surface area (Å²) in [5, 5.41) is 3.70. The zero-order valence-electron chi connectivity index (χ0n) is 21.6. The average molecular weight is 522 g/mol. The van der Waals surface area contributed by atoms with Crippen LogP contribution in [0.3, 0.4) is 0 Å². The van der Waals surface area contributed by atoms with Gasteiger partial charge in [-0.3, -0.25) is 4.79 Å². The molecule has 3 aromatic carbocycles. The lowest BCUT2D eigenvalue weighted by Crippen LogP contribution is -2.27. The smallest absolute Gasteiger partial charge is 0.262 e. The normalized spacial score (nSPS) is 12.1. The third-order valence-corrected chi connectivity index (χ3v) is 6.80. The standard InChI is InChI=1S/C28H31N3O5S/c1-17(2)29-12-13-36-24-11-8-19(14-22(24)18-6-9-21(10-7-18)37(5)33)27-30-23-15-20(34-3)16-25(35-4)26(23)28(32)31-27/h6-11,14-17,29H,12-13H2,1-5H3,(H,30,31,32). The van der Waals surface area contributed by atoms with E-state index < -0.39 is 11.2 Å². The molecule has 37 heavy (non-hydrogen) atoms. The second-order valence-corrected chi connectivity index (χ2v) is 10.2. The van der Waals surface area contributed by atoms with Crippen LogP contribution in [0.4, 0.5) is 0 Å². The Balaban J connectivity index is 1.79. The fourth-order valence-electron chi connectivity index (χ4n) is 3.99. The molecule has 1 atom stereocenters. The van der Waals surface area contributed by atoms with Crippen LogP contribution in [0.25, 0.3) is 33.4 Å². The fraction of sp³-hybridized carbons (Fsp3) is 0.286. The summed E-state index contributed by atoms with van der Waals surface area (Å²) in [6.45, 7) is 5.37. The van der Waals surface area contributed by atoms with E-state index in [0.717, 1.165) is 16.0 Å². The van der Waals surface area contributed by atoms with Gasteiger partial charge in [0.15, 0.2) is 4.90 Å². The summed E-state index contributed by atoms with van der Waals surface area (Å²) in [6.07, 6.45) is 1.65. The highest BCUT2D eigenvalue weighted by atomic mass is 32.2. The summed E-state index contributed by atoms with van der Waals surface area (Å²) in [6, 6.07) is 16.9. The summed E-state index contributed by atoms with van der Waals surface area (Å²) >= 11 is -1.08. The fourth-order valence-corrected chi connectivity index (χ4v) is 4.51. The Bertz CT molecular complexity index is 1430. The van der Waals surface area contributed by atoms with Gasteiger partial charge in [0, 0.05) is 35.8 Å². The predicted molar refractivity (Wildman–Crippen MR) is 147 cm³/mol. The molecule has 4 rings (SSSR count). The van der Waals surface area contributed by atoms with Crippen LogP contribution in [0, 0.1) is 0 Å². The summed E-state index contributed by atoms with van der Waals surface area (Å²) in [5.41, 5.74) is 2.60. The number of H-pyrrole nitrogens is 1. The first-order valence-electron chi connectivity index (χ1n) is 11.9. The van der Waals surface area contributed by atoms with Gasteiger partial charge < -0.3 is 29.1 Å². The van der Waals surface area contributed by atoms with Crippen LogP contribution in [0.5, 0.6) is 17.2 Å². The quantitative estimate of drug-likeness (QED) is 0.235. The first-order chi connectivity index (χ1) is 17.8. The zero-order valence-corrected chi connectivity index (χ0v) is 22.4. The third-order valence-electron chi connectivity index (χ3n) is 5.86. The molecule has 0 saturated heterocycles. The molecular formula is C28H31N3O5S. The van der Waals surface area contributed by atoms with E-state index in [4.69, 9.17) is 19.2 Å². The highest BCUT2D eigenvalue weighted by Crippen LogP contribution is 2.35. The Kier molecular flexibility index (Phi) is 8.38. The number of nitrogens with zero attached hydrogens (tertiary/aromatic N) is 1. The van der Waals surface area contributed by atoms with Gasteiger partial charge in [0.1, 0.15) is 41.3 Å². The highest BCUT2D eigenvalue weighted by Gasteiger charge is 2.16. The number of aromatic amines is 1. The van der Waals surface area contributed by atoms with Crippen molar-refractivity contribution in [2.24, 2.45) is 0 Å². The lowest BCUT2D eigenvalue weighted by atomic mass is 10.0. The molecule has 0 bridgehead atoms. The van der Waals surface area contributed by atoms with E-state index in [1.807, 2.05) is 42.5 Å². The van der Waals surface area contributed by atoms with Gasteiger partial charge in [0.25, 0.3) is 5.56 Å². The third kappa shape index (κ3) is 6.07. The van der Waals surface area contributed by atoms with Crippen molar-refractivity contribution in [2.45, 2.75) is 24.8 Å². The number of methoxy groups -OCH3 is 2. The van der Waals surface area contributed by atoms with Crippen molar-refractivity contribution < 1.29 is 18.8 Å². The number of hydrogen-bond acceptors (Lipinski definition) is 7. The summed E-state index contributed by atoms with van der Waals surface area (Å²) in [4.78, 5) is 21.4. The molecular weight excluding hydrogens is 490 g/mol. The molecule has 0 aliphatic rings. The Morgan fingerprint density at radius 2 is 1.73 bits per heavy atom. The zero-order chi connectivity index (χ0) is 26.5. The first kappa shape index (κ1) is 26.5. The van der Waals surface area contributed by atoms with E-state index >= 15 is 0 Å². The van der Waals surface area contributed by atoms with Crippen molar-refractivity contribution in [3.05, 3.63) is 65.0 Å². The maximum Gasteiger partial charge on any atom is 0.262 e. The van der Waals surface area contributed by atoms with E-state index in [9.17, 15) is 9.35 Å². The van der Waals surface area contributed by atoms with Gasteiger partial charge in [-0.1, -0.05) is 13.8 Å². The molecule has 1 heterocycles. The summed E-state index contributed by atoms with van der Waals surface area (Å²) < 4.78 is 28.7. The second-order valence-electron chi connectivity index (χ2n) is 8.79. The monoisotopic (exact) mass is 521 g/mol. The molecule has 0 fully saturated rings. The lowest BCUT2D eigenvalue weighted by Gasteiger charge is -2.15. The SMILES string of the molecule is COc1cc(OC)c2c(=O)[nH]c(-c3ccc(OCCNC(C)C)c(-c4ccc([S+](C)[O-])cc4)c3)nc2c1. The van der Waals surface area contributed by atoms with Gasteiger partial charge in [0.2, 0.25) is 0 Å². The molecule has 1 unspecified atom stereocenters. The molecule has 4 aromatic rings. The minimum atomic E-state index is -1.08. The van der Waals surface area contributed by atoms with Crippen LogP contribution in [-0.2, 0) is 11.2 Å². The van der Waals surface area contributed by atoms with Crippen molar-refractivity contribution in [1.82, 2.24) is 15.3 Å². The molecule has 0 spiro atoms. The van der Waals surface area contributed by atoms with Crippen LogP contribution in [-0.4, -0.2) is 54.2 Å². The van der Waals surface area contributed by atoms with E-state index in [0.29, 0.717) is 58.7 Å². The Labute approximate surface area is 219 Å². The molecule has 2 N–H and O–H groups in total. The van der Waals surface area contributed by atoms with E-state index in [2.05, 4.69) is 24.1 Å². The van der Waals surface area contributed by atoms with Crippen LogP contribution in [0.2, 0.25) is 0 Å². The van der Waals surface area contributed by atoms with Crippen molar-refractivity contribution >= 4 is 22.1 Å². The number of nitrogens with one attached hydrogen (secondary N) is 2. The van der Waals surface area contributed by atoms with Crippen LogP contribution >= 0.6 is 0 Å². The number of ether oxygens (including phenoxy) is 3. The van der Waals surface area contributed by atoms with Gasteiger partial charge in [-0.05, 0) is 59.2 Å². The van der Waals surface area contributed by atoms with Gasteiger partial charge in [0.05, 0.1) is 19.7 Å². The number of aromatic nitrogens is 2. The number of fused-ring (bicyclic) bond motifs is 1. The molecule has 194 valence electrons. The lowest BCUT2D eigenvalue weighted by molar-refractivity contribution is 0.310. The van der Waals surface area contributed by atoms with E-state index in [-0.39, 0.29) is 5.56 Å². The minimum absolute atomic E-state index is 0.309. The van der Waals surface area contributed by atoms with Crippen molar-refractivity contribution in [3.63, 3.8) is 0 Å². The molecule has 0 saturated carbocycles. The molecule has 8 nitrogen and oxygen atoms in total. The molecule has 9 heteroatoms. The van der Waals surface area contributed by atoms with Crippen molar-refractivity contribution in [3.8, 4) is 39.8 Å². The number of rotatable bonds is 10. The van der Waals surface area contributed by atoms with E-state index in [1.165, 1.54) is 7.11 Å². The maximum absolute atomic E-state index is 13.0. The largest absolute Gasteiger partial charge is 0.612 e. The maximum atomic E-state index is 13.0. The number of benzene rings is 3. The topological polar surface area (TPSA) is 109 Å². The van der Waals surface area contributed by atoms with Gasteiger partial charge in [-0.25, -0.2) is 4.98 Å². The molecule has 0 radical (unpaired) electrons. The first-order valence-corrected chi connectivity index (χ1v) is 13.5. The van der Waals surface area contributed by atoms with E-state index in [1.54, 1.807) is 25.5 Å². The van der Waals surface area contributed by atoms with Gasteiger partial charge in [-0.15, -0.1) is 0 Å². The number of hydrogen-bond donors (Lipinski definition) is 2. The molecule has 1 aromatic heterocycles. The summed E-state index contributed by atoms with van der Waals surface area (Å²) in [5.74, 6) is 2.04. The van der Waals surface area contributed by atoms with Gasteiger partial charge >= 0.3 is 0 Å². The minimum Gasteiger partial charge on any atom is -0.612 e. The van der Waals surface area contributed by atoms with Crippen LogP contribution in [0.15, 0.2) is 64.3 Å². The Hall–Kier alpha value is -3.53. The highest BCUT2D eigenvalue weighted by molar-refractivity contribution is 7.90. The van der Waals surface area contributed by atoms with Crippen LogP contribution in [0.1, 0.15) is 13.8 Å². The Morgan fingerprint density at radius 1 is 1.00 bits per heavy atom. The van der Waals surface area contributed by atoms with Crippen molar-refractivity contribution in [1.29, 1.82) is 0 Å². The molecule has 0 aliphatic carbocycles. The Morgan fingerprint density at radius 3 is 2.38 bits per heavy atom. The summed E-state index contributed by atoms with van der Waals surface area (Å²) in [7, 11) is 3.05. The predicted octanol–water partition coefficient (Wildman–Crippen LogP) is 4.39. The molecule has 0 aliphatic heterocycles.